The Morgan fingerprint density at radius 2 is 2.17 bits per heavy atom. The van der Waals surface area contributed by atoms with Gasteiger partial charge in [0.2, 0.25) is 0 Å². The molecule has 1 aromatic carbocycles. The van der Waals surface area contributed by atoms with Crippen molar-refractivity contribution in [3.63, 3.8) is 0 Å². The summed E-state index contributed by atoms with van der Waals surface area (Å²) in [6, 6.07) is 4.34. The average Bonchev–Trinajstić information content (AvgIpc) is 2.26. The van der Waals surface area contributed by atoms with Gasteiger partial charge in [-0.05, 0) is 49.3 Å². The summed E-state index contributed by atoms with van der Waals surface area (Å²) in [7, 11) is 0. The molecule has 4 heteroatoms. The van der Waals surface area contributed by atoms with E-state index >= 15 is 0 Å². The number of ether oxygens (including phenoxy) is 1. The molecule has 0 aliphatic carbocycles. The highest BCUT2D eigenvalue weighted by atomic mass is 79.9. The zero-order valence-corrected chi connectivity index (χ0v) is 13.7. The zero-order valence-electron chi connectivity index (χ0n) is 11.3. The van der Waals surface area contributed by atoms with E-state index in [1.54, 1.807) is 0 Å². The van der Waals surface area contributed by atoms with Crippen molar-refractivity contribution in [2.24, 2.45) is 5.73 Å². The lowest BCUT2D eigenvalue weighted by atomic mass is 10.0. The molecule has 18 heavy (non-hydrogen) atoms. The van der Waals surface area contributed by atoms with Crippen LogP contribution in [0.3, 0.4) is 0 Å². The van der Waals surface area contributed by atoms with Gasteiger partial charge in [0.15, 0.2) is 0 Å². The van der Waals surface area contributed by atoms with Gasteiger partial charge >= 0.3 is 0 Å². The molecule has 2 N–H and O–H groups in total. The van der Waals surface area contributed by atoms with Crippen LogP contribution < -0.4 is 10.5 Å². The van der Waals surface area contributed by atoms with Gasteiger partial charge in [0, 0.05) is 16.3 Å². The van der Waals surface area contributed by atoms with Gasteiger partial charge in [0.25, 0.3) is 0 Å². The molecule has 0 saturated heterocycles. The first-order valence-corrected chi connectivity index (χ1v) is 8.24. The minimum absolute atomic E-state index is 0.145. The molecule has 1 unspecified atom stereocenters. The maximum absolute atomic E-state index is 5.93. The van der Waals surface area contributed by atoms with Gasteiger partial charge in [0.1, 0.15) is 5.75 Å². The third kappa shape index (κ3) is 5.21. The first-order valence-electron chi connectivity index (χ1n) is 6.29. The molecule has 1 atom stereocenters. The molecular formula is C14H22BrNOS. The van der Waals surface area contributed by atoms with Crippen LogP contribution in [-0.4, -0.2) is 24.2 Å². The molecule has 0 heterocycles. The molecule has 2 nitrogen and oxygen atoms in total. The topological polar surface area (TPSA) is 35.2 Å². The fourth-order valence-electron chi connectivity index (χ4n) is 1.85. The summed E-state index contributed by atoms with van der Waals surface area (Å²) >= 11 is 5.43. The van der Waals surface area contributed by atoms with E-state index < -0.39 is 0 Å². The number of halogens is 1. The second kappa shape index (κ2) is 8.08. The Balaban J connectivity index is 2.79. The minimum atomic E-state index is 0.145. The Labute approximate surface area is 123 Å². The monoisotopic (exact) mass is 331 g/mol. The van der Waals surface area contributed by atoms with Gasteiger partial charge in [-0.3, -0.25) is 0 Å². The highest BCUT2D eigenvalue weighted by Gasteiger charge is 2.10. The first-order chi connectivity index (χ1) is 8.54. The van der Waals surface area contributed by atoms with Gasteiger partial charge in [0.05, 0.1) is 6.61 Å². The van der Waals surface area contributed by atoms with E-state index in [0.29, 0.717) is 0 Å². The highest BCUT2D eigenvalue weighted by Crippen LogP contribution is 2.29. The van der Waals surface area contributed by atoms with Crippen LogP contribution >= 0.6 is 27.7 Å². The number of rotatable bonds is 7. The van der Waals surface area contributed by atoms with Crippen LogP contribution in [-0.2, 0) is 6.42 Å². The lowest BCUT2D eigenvalue weighted by molar-refractivity contribution is 0.337. The van der Waals surface area contributed by atoms with Gasteiger partial charge < -0.3 is 10.5 Å². The van der Waals surface area contributed by atoms with Gasteiger partial charge in [-0.2, -0.15) is 11.8 Å². The van der Waals surface area contributed by atoms with E-state index in [-0.39, 0.29) is 6.04 Å². The molecule has 0 amide bonds. The Kier molecular flexibility index (Phi) is 7.12. The smallest absolute Gasteiger partial charge is 0.125 e. The van der Waals surface area contributed by atoms with Crippen LogP contribution in [0.5, 0.6) is 5.75 Å². The number of thioether (sulfide) groups is 1. The van der Waals surface area contributed by atoms with Crippen molar-refractivity contribution in [3.05, 3.63) is 27.7 Å². The van der Waals surface area contributed by atoms with E-state index in [1.807, 2.05) is 18.7 Å². The summed E-state index contributed by atoms with van der Waals surface area (Å²) in [4.78, 5) is 0. The normalized spacial score (nSPS) is 12.5. The number of nitrogens with two attached hydrogens (primary N) is 1. The Bertz CT molecular complexity index is 382. The van der Waals surface area contributed by atoms with Gasteiger partial charge in [-0.1, -0.05) is 22.9 Å². The van der Waals surface area contributed by atoms with E-state index in [2.05, 4.69) is 41.9 Å². The number of hydrogen-bond donors (Lipinski definition) is 1. The molecule has 0 aliphatic heterocycles. The van der Waals surface area contributed by atoms with Crippen molar-refractivity contribution < 1.29 is 4.74 Å². The van der Waals surface area contributed by atoms with Crippen molar-refractivity contribution in [1.82, 2.24) is 0 Å². The molecule has 102 valence electrons. The maximum Gasteiger partial charge on any atom is 0.125 e. The van der Waals surface area contributed by atoms with Crippen LogP contribution in [0.15, 0.2) is 16.6 Å². The van der Waals surface area contributed by atoms with E-state index in [9.17, 15) is 0 Å². The number of hydrogen-bond acceptors (Lipinski definition) is 3. The Hall–Kier alpha value is -0.190. The molecule has 0 aliphatic rings. The van der Waals surface area contributed by atoms with E-state index in [0.717, 1.165) is 34.8 Å². The molecule has 0 aromatic heterocycles. The summed E-state index contributed by atoms with van der Waals surface area (Å²) in [5, 5.41) is 0. The predicted molar refractivity (Wildman–Crippen MR) is 84.7 cm³/mol. The summed E-state index contributed by atoms with van der Waals surface area (Å²) < 4.78 is 7.02. The van der Waals surface area contributed by atoms with Gasteiger partial charge in [-0.25, -0.2) is 0 Å². The van der Waals surface area contributed by atoms with Crippen molar-refractivity contribution in [1.29, 1.82) is 0 Å². The van der Waals surface area contributed by atoms with Crippen LogP contribution in [0.1, 0.15) is 25.0 Å². The van der Waals surface area contributed by atoms with Gasteiger partial charge in [-0.15, -0.1) is 0 Å². The molecule has 0 spiro atoms. The largest absolute Gasteiger partial charge is 0.492 e. The third-order valence-corrected chi connectivity index (χ3v) is 3.86. The quantitative estimate of drug-likeness (QED) is 0.772. The maximum atomic E-state index is 5.93. The van der Waals surface area contributed by atoms with Crippen molar-refractivity contribution in [2.75, 3.05) is 18.1 Å². The second-order valence-corrected chi connectivity index (χ2v) is 6.75. The lowest BCUT2D eigenvalue weighted by Gasteiger charge is -2.16. The first kappa shape index (κ1) is 15.9. The average molecular weight is 332 g/mol. The van der Waals surface area contributed by atoms with E-state index in [1.165, 1.54) is 11.1 Å². The Morgan fingerprint density at radius 3 is 2.78 bits per heavy atom. The summed E-state index contributed by atoms with van der Waals surface area (Å²) in [6.45, 7) is 7.02. The Morgan fingerprint density at radius 1 is 1.44 bits per heavy atom. The fraction of sp³-hybridized carbons (Fsp3) is 0.571. The van der Waals surface area contributed by atoms with Crippen molar-refractivity contribution >= 4 is 27.7 Å². The second-order valence-electron chi connectivity index (χ2n) is 4.44. The standard InChI is InChI=1S/C14H22BrNOS/c1-4-18-6-5-17-14-10(2)7-13(15)9-12(14)8-11(3)16/h7,9,11H,4-6,8,16H2,1-3H3. The molecule has 0 bridgehead atoms. The highest BCUT2D eigenvalue weighted by molar-refractivity contribution is 9.10. The molecular weight excluding hydrogens is 310 g/mol. The summed E-state index contributed by atoms with van der Waals surface area (Å²) in [5.74, 6) is 3.17. The minimum Gasteiger partial charge on any atom is -0.492 e. The molecule has 1 rings (SSSR count). The summed E-state index contributed by atoms with van der Waals surface area (Å²) in [5.41, 5.74) is 8.26. The SMILES string of the molecule is CCSCCOc1c(C)cc(Br)cc1CC(C)N. The van der Waals surface area contributed by atoms with Crippen molar-refractivity contribution in [2.45, 2.75) is 33.2 Å². The number of aryl methyl sites for hydroxylation is 1. The van der Waals surface area contributed by atoms with Crippen LogP contribution in [0, 0.1) is 6.92 Å². The van der Waals surface area contributed by atoms with Crippen molar-refractivity contribution in [3.8, 4) is 5.75 Å². The molecule has 1 aromatic rings. The fourth-order valence-corrected chi connectivity index (χ4v) is 2.96. The van der Waals surface area contributed by atoms with Crippen LogP contribution in [0.4, 0.5) is 0 Å². The predicted octanol–water partition coefficient (Wildman–Crippen LogP) is 3.78. The third-order valence-electron chi connectivity index (χ3n) is 2.54. The van der Waals surface area contributed by atoms with Crippen LogP contribution in [0.25, 0.3) is 0 Å². The number of benzene rings is 1. The molecule has 0 fully saturated rings. The molecule has 0 saturated carbocycles. The zero-order chi connectivity index (χ0) is 13.5. The molecule has 0 radical (unpaired) electrons. The van der Waals surface area contributed by atoms with Crippen LogP contribution in [0.2, 0.25) is 0 Å². The van der Waals surface area contributed by atoms with E-state index in [4.69, 9.17) is 10.5 Å². The summed E-state index contributed by atoms with van der Waals surface area (Å²) in [6.07, 6.45) is 0.844. The lowest BCUT2D eigenvalue weighted by Crippen LogP contribution is -2.19.